The Balaban J connectivity index is 2.06. The average Bonchev–Trinajstić information content (AvgIpc) is 2.80. The van der Waals surface area contributed by atoms with Gasteiger partial charge in [-0.2, -0.15) is 0 Å². The van der Waals surface area contributed by atoms with Crippen LogP contribution in [-0.4, -0.2) is 36.3 Å². The topological polar surface area (TPSA) is 47.9 Å². The Morgan fingerprint density at radius 2 is 2.00 bits per heavy atom. The summed E-state index contributed by atoms with van der Waals surface area (Å²) in [4.78, 5) is 0. The van der Waals surface area contributed by atoms with Crippen molar-refractivity contribution in [2.24, 2.45) is 5.41 Å². The molecule has 4 nitrogen and oxygen atoms in total. The fourth-order valence-corrected chi connectivity index (χ4v) is 2.55. The second kappa shape index (κ2) is 6.44. The number of hydrogen-bond acceptors (Lipinski definition) is 4. The van der Waals surface area contributed by atoms with Crippen LogP contribution in [0.4, 0.5) is 0 Å². The van der Waals surface area contributed by atoms with Crippen molar-refractivity contribution in [3.05, 3.63) is 35.9 Å². The summed E-state index contributed by atoms with van der Waals surface area (Å²) in [6.07, 6.45) is -0.407. The van der Waals surface area contributed by atoms with E-state index in [1.54, 1.807) is 0 Å². The maximum atomic E-state index is 9.68. The van der Waals surface area contributed by atoms with Crippen LogP contribution in [0.3, 0.4) is 0 Å². The van der Waals surface area contributed by atoms with Crippen LogP contribution in [0.15, 0.2) is 30.3 Å². The highest BCUT2D eigenvalue weighted by Crippen LogP contribution is 2.34. The van der Waals surface area contributed by atoms with Gasteiger partial charge < -0.3 is 19.3 Å². The molecule has 118 valence electrons. The molecule has 21 heavy (non-hydrogen) atoms. The highest BCUT2D eigenvalue weighted by atomic mass is 16.7. The maximum Gasteiger partial charge on any atom is 0.163 e. The van der Waals surface area contributed by atoms with Crippen molar-refractivity contribution in [3.63, 3.8) is 0 Å². The minimum atomic E-state index is -0.593. The zero-order valence-corrected chi connectivity index (χ0v) is 13.3. The van der Waals surface area contributed by atoms with E-state index in [0.29, 0.717) is 13.2 Å². The molecule has 2 atom stereocenters. The molecular weight excluding hydrogens is 268 g/mol. The minimum absolute atomic E-state index is 0.0345. The van der Waals surface area contributed by atoms with Crippen molar-refractivity contribution in [1.29, 1.82) is 0 Å². The summed E-state index contributed by atoms with van der Waals surface area (Å²) in [5, 5.41) is 9.68. The van der Waals surface area contributed by atoms with Crippen molar-refractivity contribution < 1.29 is 19.3 Å². The lowest BCUT2D eigenvalue weighted by Gasteiger charge is -2.36. The highest BCUT2D eigenvalue weighted by molar-refractivity contribution is 5.13. The molecule has 1 fully saturated rings. The fraction of sp³-hybridized carbons (Fsp3) is 0.647. The molecular formula is C17H26O4. The first-order valence-corrected chi connectivity index (χ1v) is 7.42. The Morgan fingerprint density at radius 3 is 2.52 bits per heavy atom. The number of aliphatic hydroxyl groups excluding tert-OH is 1. The van der Waals surface area contributed by atoms with Crippen molar-refractivity contribution in [2.45, 2.75) is 52.3 Å². The monoisotopic (exact) mass is 294 g/mol. The number of aliphatic hydroxyl groups is 1. The molecule has 0 amide bonds. The van der Waals surface area contributed by atoms with Gasteiger partial charge in [0.05, 0.1) is 25.9 Å². The Morgan fingerprint density at radius 1 is 1.33 bits per heavy atom. The molecule has 0 aromatic heterocycles. The van der Waals surface area contributed by atoms with Crippen molar-refractivity contribution >= 4 is 0 Å². The zero-order valence-electron chi connectivity index (χ0n) is 13.3. The molecule has 4 heteroatoms. The molecule has 1 aromatic carbocycles. The van der Waals surface area contributed by atoms with Crippen LogP contribution in [0.1, 0.15) is 33.3 Å². The zero-order chi connectivity index (χ0) is 15.5. The molecule has 2 rings (SSSR count). The molecule has 1 heterocycles. The second-order valence-corrected chi connectivity index (χ2v) is 6.73. The van der Waals surface area contributed by atoms with Gasteiger partial charge in [0.15, 0.2) is 5.79 Å². The van der Waals surface area contributed by atoms with Gasteiger partial charge in [0.25, 0.3) is 0 Å². The average molecular weight is 294 g/mol. The van der Waals surface area contributed by atoms with E-state index in [1.165, 1.54) is 0 Å². The van der Waals surface area contributed by atoms with Gasteiger partial charge in [-0.1, -0.05) is 44.2 Å². The van der Waals surface area contributed by atoms with E-state index in [4.69, 9.17) is 14.2 Å². The van der Waals surface area contributed by atoms with E-state index in [9.17, 15) is 5.11 Å². The standard InChI is InChI=1S/C17H26O4/c1-16(2,12-18)15(14-11-20-17(3,4)21-14)19-10-13-8-6-5-7-9-13/h5-9,14-15,18H,10-12H2,1-4H3/t14-,15-/m1/s1. The molecule has 1 aromatic rings. The largest absolute Gasteiger partial charge is 0.396 e. The summed E-state index contributed by atoms with van der Waals surface area (Å²) in [6, 6.07) is 10.0. The number of benzene rings is 1. The summed E-state index contributed by atoms with van der Waals surface area (Å²) >= 11 is 0. The van der Waals surface area contributed by atoms with Gasteiger partial charge in [0, 0.05) is 5.41 Å². The van der Waals surface area contributed by atoms with Crippen LogP contribution in [-0.2, 0) is 20.8 Å². The lowest BCUT2D eigenvalue weighted by atomic mass is 9.84. The van der Waals surface area contributed by atoms with Gasteiger partial charge in [-0.3, -0.25) is 0 Å². The third-order valence-electron chi connectivity index (χ3n) is 3.82. The normalized spacial score (nSPS) is 23.2. The van der Waals surface area contributed by atoms with Crippen LogP contribution in [0.2, 0.25) is 0 Å². The molecule has 1 N–H and O–H groups in total. The predicted molar refractivity (Wildman–Crippen MR) is 80.8 cm³/mol. The van der Waals surface area contributed by atoms with Crippen LogP contribution in [0.5, 0.6) is 0 Å². The lowest BCUT2D eigenvalue weighted by Crippen LogP contribution is -2.45. The molecule has 0 spiro atoms. The quantitative estimate of drug-likeness (QED) is 0.876. The third kappa shape index (κ3) is 4.27. The minimum Gasteiger partial charge on any atom is -0.396 e. The summed E-state index contributed by atoms with van der Waals surface area (Å²) in [5.74, 6) is -0.593. The smallest absolute Gasteiger partial charge is 0.163 e. The number of rotatable bonds is 6. The number of hydrogen-bond donors (Lipinski definition) is 1. The van der Waals surface area contributed by atoms with E-state index in [1.807, 2.05) is 58.0 Å². The molecule has 0 unspecified atom stereocenters. The summed E-state index contributed by atoms with van der Waals surface area (Å²) in [5.41, 5.74) is 0.706. The predicted octanol–water partition coefficient (Wildman–Crippen LogP) is 2.74. The first-order chi connectivity index (χ1) is 9.84. The summed E-state index contributed by atoms with van der Waals surface area (Å²) in [7, 11) is 0. The lowest BCUT2D eigenvalue weighted by molar-refractivity contribution is -0.176. The molecule has 0 saturated carbocycles. The Kier molecular flexibility index (Phi) is 5.04. The van der Waals surface area contributed by atoms with Crippen molar-refractivity contribution in [2.75, 3.05) is 13.2 Å². The first-order valence-electron chi connectivity index (χ1n) is 7.42. The molecule has 1 aliphatic heterocycles. The molecule has 0 radical (unpaired) electrons. The second-order valence-electron chi connectivity index (χ2n) is 6.73. The van der Waals surface area contributed by atoms with Crippen LogP contribution < -0.4 is 0 Å². The van der Waals surface area contributed by atoms with E-state index in [0.717, 1.165) is 5.56 Å². The highest BCUT2D eigenvalue weighted by Gasteiger charge is 2.44. The molecule has 0 aliphatic carbocycles. The van der Waals surface area contributed by atoms with Crippen LogP contribution in [0.25, 0.3) is 0 Å². The van der Waals surface area contributed by atoms with Crippen LogP contribution >= 0.6 is 0 Å². The van der Waals surface area contributed by atoms with Crippen molar-refractivity contribution in [3.8, 4) is 0 Å². The first kappa shape index (κ1) is 16.4. The Hall–Kier alpha value is -0.940. The molecule has 0 bridgehead atoms. The van der Waals surface area contributed by atoms with E-state index in [2.05, 4.69) is 0 Å². The Labute approximate surface area is 127 Å². The van der Waals surface area contributed by atoms with Crippen LogP contribution in [0, 0.1) is 5.41 Å². The molecule has 1 aliphatic rings. The van der Waals surface area contributed by atoms with Crippen molar-refractivity contribution in [1.82, 2.24) is 0 Å². The Bertz CT molecular complexity index is 441. The number of ether oxygens (including phenoxy) is 3. The van der Waals surface area contributed by atoms with Gasteiger partial charge in [-0.25, -0.2) is 0 Å². The van der Waals surface area contributed by atoms with Gasteiger partial charge >= 0.3 is 0 Å². The fourth-order valence-electron chi connectivity index (χ4n) is 2.55. The van der Waals surface area contributed by atoms with Gasteiger partial charge in [-0.15, -0.1) is 0 Å². The molecule has 1 saturated heterocycles. The van der Waals surface area contributed by atoms with Gasteiger partial charge in [0.2, 0.25) is 0 Å². The summed E-state index contributed by atoms with van der Waals surface area (Å²) < 4.78 is 17.7. The third-order valence-corrected chi connectivity index (χ3v) is 3.82. The van der Waals surface area contributed by atoms with E-state index >= 15 is 0 Å². The maximum absolute atomic E-state index is 9.68. The van der Waals surface area contributed by atoms with Gasteiger partial charge in [0.1, 0.15) is 6.10 Å². The van der Waals surface area contributed by atoms with E-state index < -0.39 is 11.2 Å². The summed E-state index contributed by atoms with van der Waals surface area (Å²) in [6.45, 7) is 8.77. The van der Waals surface area contributed by atoms with Gasteiger partial charge in [-0.05, 0) is 19.4 Å². The van der Waals surface area contributed by atoms with E-state index in [-0.39, 0.29) is 18.8 Å². The SMILES string of the molecule is CC1(C)OC[C@H]([C@@H](OCc2ccccc2)C(C)(C)CO)O1.